The summed E-state index contributed by atoms with van der Waals surface area (Å²) in [6, 6.07) is 4.30. The van der Waals surface area contributed by atoms with Gasteiger partial charge in [-0.05, 0) is 31.5 Å². The third kappa shape index (κ3) is 2.15. The first-order valence-corrected chi connectivity index (χ1v) is 6.13. The average Bonchev–Trinajstić information content (AvgIpc) is 2.90. The van der Waals surface area contributed by atoms with Gasteiger partial charge >= 0.3 is 0 Å². The van der Waals surface area contributed by atoms with Gasteiger partial charge in [-0.1, -0.05) is 13.8 Å². The highest BCUT2D eigenvalue weighted by Crippen LogP contribution is 2.31. The summed E-state index contributed by atoms with van der Waals surface area (Å²) in [5.74, 6) is 2.63. The van der Waals surface area contributed by atoms with Crippen LogP contribution in [0.25, 0.3) is 0 Å². The van der Waals surface area contributed by atoms with Crippen LogP contribution in [0.1, 0.15) is 37.8 Å². The van der Waals surface area contributed by atoms with Crippen molar-refractivity contribution in [1.29, 1.82) is 0 Å². The lowest BCUT2D eigenvalue weighted by atomic mass is 9.96. The van der Waals surface area contributed by atoms with E-state index in [1.54, 1.807) is 0 Å². The SMILES string of the molecule is CCc1ccc(C(NC)C2OCCC2C)o1. The topological polar surface area (TPSA) is 34.4 Å². The van der Waals surface area contributed by atoms with Crippen LogP contribution < -0.4 is 5.32 Å². The predicted octanol–water partition coefficient (Wildman–Crippen LogP) is 2.53. The summed E-state index contributed by atoms with van der Waals surface area (Å²) in [6.45, 7) is 5.21. The van der Waals surface area contributed by atoms with Crippen molar-refractivity contribution in [2.24, 2.45) is 5.92 Å². The molecule has 1 aromatic heterocycles. The maximum absolute atomic E-state index is 5.80. The van der Waals surface area contributed by atoms with Crippen LogP contribution in [-0.4, -0.2) is 19.8 Å². The van der Waals surface area contributed by atoms with E-state index in [9.17, 15) is 0 Å². The number of aryl methyl sites for hydroxylation is 1. The number of hydrogen-bond donors (Lipinski definition) is 1. The highest BCUT2D eigenvalue weighted by Gasteiger charge is 2.33. The van der Waals surface area contributed by atoms with E-state index in [2.05, 4.69) is 31.3 Å². The summed E-state index contributed by atoms with van der Waals surface area (Å²) in [5.41, 5.74) is 0. The Bertz CT molecular complexity index is 334. The zero-order valence-electron chi connectivity index (χ0n) is 10.3. The molecule has 0 aromatic carbocycles. The third-order valence-electron chi connectivity index (χ3n) is 3.42. The monoisotopic (exact) mass is 223 g/mol. The second kappa shape index (κ2) is 5.02. The van der Waals surface area contributed by atoms with Gasteiger partial charge in [-0.2, -0.15) is 0 Å². The van der Waals surface area contributed by atoms with Crippen LogP contribution in [0.5, 0.6) is 0 Å². The first kappa shape index (κ1) is 11.7. The minimum atomic E-state index is 0.179. The van der Waals surface area contributed by atoms with Crippen LogP contribution in [0.15, 0.2) is 16.5 Å². The second-order valence-electron chi connectivity index (χ2n) is 4.53. The molecule has 0 bridgehead atoms. The quantitative estimate of drug-likeness (QED) is 0.851. The van der Waals surface area contributed by atoms with Crippen molar-refractivity contribution in [3.63, 3.8) is 0 Å². The molecule has 0 spiro atoms. The fourth-order valence-electron chi connectivity index (χ4n) is 2.36. The Morgan fingerprint density at radius 1 is 1.50 bits per heavy atom. The van der Waals surface area contributed by atoms with Gasteiger partial charge < -0.3 is 14.5 Å². The maximum atomic E-state index is 5.80. The third-order valence-corrected chi connectivity index (χ3v) is 3.42. The summed E-state index contributed by atoms with van der Waals surface area (Å²) < 4.78 is 11.6. The van der Waals surface area contributed by atoms with Crippen LogP contribution in [0.4, 0.5) is 0 Å². The molecular formula is C13H21NO2. The van der Waals surface area contributed by atoms with Gasteiger partial charge in [0.15, 0.2) is 0 Å². The van der Waals surface area contributed by atoms with Crippen molar-refractivity contribution in [2.45, 2.75) is 38.8 Å². The van der Waals surface area contributed by atoms with Gasteiger partial charge in [0.05, 0.1) is 12.1 Å². The Labute approximate surface area is 97.2 Å². The first-order chi connectivity index (χ1) is 7.76. The van der Waals surface area contributed by atoms with Crippen molar-refractivity contribution in [2.75, 3.05) is 13.7 Å². The Morgan fingerprint density at radius 2 is 2.31 bits per heavy atom. The zero-order chi connectivity index (χ0) is 11.5. The Morgan fingerprint density at radius 3 is 2.81 bits per heavy atom. The predicted molar refractivity (Wildman–Crippen MR) is 63.4 cm³/mol. The molecule has 1 saturated heterocycles. The van der Waals surface area contributed by atoms with Crippen LogP contribution in [-0.2, 0) is 11.2 Å². The molecule has 0 radical (unpaired) electrons. The number of furan rings is 1. The second-order valence-corrected chi connectivity index (χ2v) is 4.53. The normalized spacial score (nSPS) is 27.2. The maximum Gasteiger partial charge on any atom is 0.123 e. The van der Waals surface area contributed by atoms with Crippen molar-refractivity contribution in [3.05, 3.63) is 23.7 Å². The van der Waals surface area contributed by atoms with Gasteiger partial charge in [0.1, 0.15) is 11.5 Å². The fourth-order valence-corrected chi connectivity index (χ4v) is 2.36. The Kier molecular flexibility index (Phi) is 3.66. The molecular weight excluding hydrogens is 202 g/mol. The van der Waals surface area contributed by atoms with Gasteiger partial charge in [-0.3, -0.25) is 0 Å². The summed E-state index contributed by atoms with van der Waals surface area (Å²) >= 11 is 0. The number of likely N-dealkylation sites (N-methyl/N-ethyl adjacent to an activating group) is 1. The average molecular weight is 223 g/mol. The highest BCUT2D eigenvalue weighted by atomic mass is 16.5. The largest absolute Gasteiger partial charge is 0.464 e. The number of hydrogen-bond acceptors (Lipinski definition) is 3. The highest BCUT2D eigenvalue weighted by molar-refractivity contribution is 5.13. The van der Waals surface area contributed by atoms with Gasteiger partial charge in [0.2, 0.25) is 0 Å². The van der Waals surface area contributed by atoms with E-state index < -0.39 is 0 Å². The molecule has 3 heteroatoms. The van der Waals surface area contributed by atoms with E-state index in [0.717, 1.165) is 31.0 Å². The molecule has 3 unspecified atom stereocenters. The van der Waals surface area contributed by atoms with Crippen molar-refractivity contribution >= 4 is 0 Å². The van der Waals surface area contributed by atoms with Gasteiger partial charge in [-0.25, -0.2) is 0 Å². The van der Waals surface area contributed by atoms with E-state index in [1.807, 2.05) is 7.05 Å². The number of nitrogens with one attached hydrogen (secondary N) is 1. The van der Waals surface area contributed by atoms with E-state index >= 15 is 0 Å². The molecule has 1 aliphatic rings. The van der Waals surface area contributed by atoms with Crippen molar-refractivity contribution in [3.8, 4) is 0 Å². The van der Waals surface area contributed by atoms with Crippen LogP contribution in [0.3, 0.4) is 0 Å². The fraction of sp³-hybridized carbons (Fsp3) is 0.692. The first-order valence-electron chi connectivity index (χ1n) is 6.13. The standard InChI is InChI=1S/C13H21NO2/c1-4-10-5-6-11(16-10)12(14-3)13-9(2)7-8-15-13/h5-6,9,12-14H,4,7-8H2,1-3H3. The molecule has 3 nitrogen and oxygen atoms in total. The molecule has 3 atom stereocenters. The van der Waals surface area contributed by atoms with Crippen molar-refractivity contribution in [1.82, 2.24) is 5.32 Å². The van der Waals surface area contributed by atoms with E-state index in [0.29, 0.717) is 5.92 Å². The van der Waals surface area contributed by atoms with E-state index in [4.69, 9.17) is 9.15 Å². The zero-order valence-corrected chi connectivity index (χ0v) is 10.3. The number of rotatable bonds is 4. The molecule has 1 aromatic rings. The smallest absolute Gasteiger partial charge is 0.123 e. The summed E-state index contributed by atoms with van der Waals surface area (Å²) in [4.78, 5) is 0. The minimum Gasteiger partial charge on any atom is -0.464 e. The lowest BCUT2D eigenvalue weighted by Gasteiger charge is -2.23. The molecule has 1 aliphatic heterocycles. The van der Waals surface area contributed by atoms with Crippen molar-refractivity contribution < 1.29 is 9.15 Å². The molecule has 1 N–H and O–H groups in total. The Balaban J connectivity index is 2.15. The molecule has 1 fully saturated rings. The van der Waals surface area contributed by atoms with E-state index in [-0.39, 0.29) is 12.1 Å². The molecule has 16 heavy (non-hydrogen) atoms. The van der Waals surface area contributed by atoms with Crippen LogP contribution in [0.2, 0.25) is 0 Å². The molecule has 0 amide bonds. The Hall–Kier alpha value is -0.800. The van der Waals surface area contributed by atoms with Gasteiger partial charge in [-0.15, -0.1) is 0 Å². The van der Waals surface area contributed by atoms with E-state index in [1.165, 1.54) is 0 Å². The lowest BCUT2D eigenvalue weighted by molar-refractivity contribution is 0.0560. The van der Waals surface area contributed by atoms with Crippen LogP contribution in [0, 0.1) is 5.92 Å². The summed E-state index contributed by atoms with van der Waals surface area (Å²) in [6.07, 6.45) is 2.32. The van der Waals surface area contributed by atoms with Gasteiger partial charge in [0, 0.05) is 13.0 Å². The molecule has 90 valence electrons. The molecule has 2 rings (SSSR count). The lowest BCUT2D eigenvalue weighted by Crippen LogP contribution is -2.32. The summed E-state index contributed by atoms with van der Waals surface area (Å²) in [7, 11) is 1.97. The number of ether oxygens (including phenoxy) is 1. The van der Waals surface area contributed by atoms with Crippen LogP contribution >= 0.6 is 0 Å². The summed E-state index contributed by atoms with van der Waals surface area (Å²) in [5, 5.41) is 3.31. The van der Waals surface area contributed by atoms with Gasteiger partial charge in [0.25, 0.3) is 0 Å². The molecule has 0 aliphatic carbocycles. The minimum absolute atomic E-state index is 0.179. The molecule has 2 heterocycles. The molecule has 0 saturated carbocycles.